The Labute approximate surface area is 39.5 Å². The predicted molar refractivity (Wildman–Crippen MR) is 29.1 cm³/mol. The van der Waals surface area contributed by atoms with E-state index in [1.54, 1.807) is 0 Å². The van der Waals surface area contributed by atoms with Gasteiger partial charge in [0, 0.05) is 0 Å². The van der Waals surface area contributed by atoms with Crippen LogP contribution in [0.4, 0.5) is 0 Å². The highest BCUT2D eigenvalue weighted by Gasteiger charge is 1.86. The van der Waals surface area contributed by atoms with Crippen molar-refractivity contribution in [3.8, 4) is 0 Å². The molecule has 1 unspecified atom stereocenters. The summed E-state index contributed by atoms with van der Waals surface area (Å²) in [4.78, 5) is 0. The first kappa shape index (κ1) is 6.35. The van der Waals surface area contributed by atoms with Crippen molar-refractivity contribution >= 4 is 8.58 Å². The van der Waals surface area contributed by atoms with Crippen LogP contribution in [0.1, 0.15) is 6.92 Å². The minimum atomic E-state index is -0.574. The van der Waals surface area contributed by atoms with Gasteiger partial charge in [0.1, 0.15) is 5.97 Å². The molecule has 0 fully saturated rings. The zero-order chi connectivity index (χ0) is 4.99. The lowest BCUT2D eigenvalue weighted by Crippen LogP contribution is -2.11. The largest absolute Gasteiger partial charge is 0.375 e. The summed E-state index contributed by atoms with van der Waals surface area (Å²) in [5, 5.41) is 8.34. The zero-order valence-electron chi connectivity index (χ0n) is 3.81. The molecular weight excluding hydrogens is 97.0 g/mol. The molecular formula is C3H10NOP. The van der Waals surface area contributed by atoms with Crippen LogP contribution in [-0.2, 0) is 0 Å². The molecule has 38 valence electrons. The smallest absolute Gasteiger partial charge is 0.118 e. The average molecular weight is 107 g/mol. The van der Waals surface area contributed by atoms with Crippen molar-refractivity contribution in [1.29, 1.82) is 0 Å². The molecule has 0 aromatic rings. The Morgan fingerprint density at radius 1 is 2.00 bits per heavy atom. The molecule has 0 spiro atoms. The third-order valence-electron chi connectivity index (χ3n) is 0.413. The van der Waals surface area contributed by atoms with E-state index in [4.69, 9.17) is 10.8 Å². The quantitative estimate of drug-likeness (QED) is 0.383. The summed E-state index contributed by atoms with van der Waals surface area (Å²) in [7, 11) is 0.505. The van der Waals surface area contributed by atoms with Gasteiger partial charge in [0.15, 0.2) is 0 Å². The summed E-state index contributed by atoms with van der Waals surface area (Å²) in [6, 6.07) is 0. The topological polar surface area (TPSA) is 46.2 Å². The van der Waals surface area contributed by atoms with Crippen LogP contribution < -0.4 is 5.73 Å². The Balaban J connectivity index is 2.63. The van der Waals surface area contributed by atoms with Crippen molar-refractivity contribution in [3.63, 3.8) is 0 Å². The Hall–Kier alpha value is 0.350. The fourth-order valence-corrected chi connectivity index (χ4v) is 0.627. The Kier molecular flexibility index (Phi) is 3.74. The standard InChI is InChI=1S/C3H10NOP/c1-2-6-3(4)5/h3,5-6H,2,4H2,1H3/t3-/m0/s1. The molecule has 0 saturated heterocycles. The highest BCUT2D eigenvalue weighted by molar-refractivity contribution is 7.38. The van der Waals surface area contributed by atoms with Crippen LogP contribution >= 0.6 is 8.58 Å². The van der Waals surface area contributed by atoms with Gasteiger partial charge in [0.05, 0.1) is 0 Å². The minimum absolute atomic E-state index is 0.505. The second-order valence-corrected chi connectivity index (χ2v) is 2.71. The van der Waals surface area contributed by atoms with Gasteiger partial charge in [0.25, 0.3) is 0 Å². The number of hydrogen-bond acceptors (Lipinski definition) is 2. The van der Waals surface area contributed by atoms with Crippen LogP contribution in [0, 0.1) is 0 Å². The molecule has 3 N–H and O–H groups in total. The number of rotatable bonds is 2. The summed E-state index contributed by atoms with van der Waals surface area (Å²) in [6.45, 7) is 1.99. The summed E-state index contributed by atoms with van der Waals surface area (Å²) < 4.78 is 0. The fraction of sp³-hybridized carbons (Fsp3) is 1.00. The lowest BCUT2D eigenvalue weighted by Gasteiger charge is -1.96. The second-order valence-electron chi connectivity index (χ2n) is 1.00. The molecule has 2 atom stereocenters. The van der Waals surface area contributed by atoms with Crippen LogP contribution in [0.15, 0.2) is 0 Å². The molecule has 0 amide bonds. The Morgan fingerprint density at radius 3 is 2.50 bits per heavy atom. The van der Waals surface area contributed by atoms with Crippen LogP contribution in [0.5, 0.6) is 0 Å². The van der Waals surface area contributed by atoms with Gasteiger partial charge in [-0.05, 0) is 6.16 Å². The highest BCUT2D eigenvalue weighted by atomic mass is 31.1. The van der Waals surface area contributed by atoms with Gasteiger partial charge in [-0.2, -0.15) is 0 Å². The highest BCUT2D eigenvalue weighted by Crippen LogP contribution is 2.08. The predicted octanol–water partition coefficient (Wildman–Crippen LogP) is -0.0806. The van der Waals surface area contributed by atoms with Crippen molar-refractivity contribution < 1.29 is 5.11 Å². The Bertz CT molecular complexity index is 32.0. The van der Waals surface area contributed by atoms with E-state index in [1.165, 1.54) is 0 Å². The number of aliphatic hydroxyl groups is 1. The third kappa shape index (κ3) is 4.35. The molecule has 0 rings (SSSR count). The van der Waals surface area contributed by atoms with Crippen molar-refractivity contribution in [3.05, 3.63) is 0 Å². The molecule has 0 aromatic carbocycles. The van der Waals surface area contributed by atoms with Gasteiger partial charge < -0.3 is 10.8 Å². The molecule has 3 heteroatoms. The van der Waals surface area contributed by atoms with Crippen molar-refractivity contribution in [1.82, 2.24) is 0 Å². The van der Waals surface area contributed by atoms with Crippen LogP contribution in [-0.4, -0.2) is 17.2 Å². The van der Waals surface area contributed by atoms with E-state index in [-0.39, 0.29) is 0 Å². The zero-order valence-corrected chi connectivity index (χ0v) is 4.81. The number of hydrogen-bond donors (Lipinski definition) is 2. The average Bonchev–Trinajstić information content (AvgIpc) is 1.35. The van der Waals surface area contributed by atoms with E-state index >= 15 is 0 Å². The Morgan fingerprint density at radius 2 is 2.50 bits per heavy atom. The van der Waals surface area contributed by atoms with E-state index in [9.17, 15) is 0 Å². The van der Waals surface area contributed by atoms with Crippen molar-refractivity contribution in [2.45, 2.75) is 12.9 Å². The van der Waals surface area contributed by atoms with Gasteiger partial charge in [0.2, 0.25) is 0 Å². The maximum atomic E-state index is 8.34. The van der Waals surface area contributed by atoms with Gasteiger partial charge in [-0.15, -0.1) is 0 Å². The van der Waals surface area contributed by atoms with E-state index in [1.807, 2.05) is 6.92 Å². The maximum absolute atomic E-state index is 8.34. The SMILES string of the molecule is CCP[C@@H](N)O. The fourth-order valence-electron chi connectivity index (χ4n) is 0.209. The van der Waals surface area contributed by atoms with E-state index in [0.29, 0.717) is 8.58 Å². The molecule has 0 aliphatic rings. The summed E-state index contributed by atoms with van der Waals surface area (Å²) in [5.74, 6) is -0.574. The molecule has 6 heavy (non-hydrogen) atoms. The van der Waals surface area contributed by atoms with Crippen LogP contribution in [0.3, 0.4) is 0 Å². The normalized spacial score (nSPS) is 16.5. The first-order chi connectivity index (χ1) is 2.77. The van der Waals surface area contributed by atoms with Gasteiger partial charge in [-0.25, -0.2) is 0 Å². The van der Waals surface area contributed by atoms with E-state index in [2.05, 4.69) is 0 Å². The summed E-state index contributed by atoms with van der Waals surface area (Å²) in [6.07, 6.45) is 0.984. The summed E-state index contributed by atoms with van der Waals surface area (Å²) >= 11 is 0. The van der Waals surface area contributed by atoms with E-state index < -0.39 is 5.97 Å². The second kappa shape index (κ2) is 3.54. The first-order valence-electron chi connectivity index (χ1n) is 1.94. The van der Waals surface area contributed by atoms with Crippen molar-refractivity contribution in [2.24, 2.45) is 5.73 Å². The number of aliphatic hydroxyl groups excluding tert-OH is 1. The summed E-state index contributed by atoms with van der Waals surface area (Å²) in [5.41, 5.74) is 4.97. The molecule has 0 saturated carbocycles. The van der Waals surface area contributed by atoms with Crippen LogP contribution in [0.25, 0.3) is 0 Å². The molecule has 0 radical (unpaired) electrons. The molecule has 2 nitrogen and oxygen atoms in total. The lowest BCUT2D eigenvalue weighted by atomic mass is 11.0. The third-order valence-corrected chi connectivity index (χ3v) is 1.24. The van der Waals surface area contributed by atoms with E-state index in [0.717, 1.165) is 6.16 Å². The van der Waals surface area contributed by atoms with Crippen LogP contribution in [0.2, 0.25) is 0 Å². The molecule has 0 aromatic heterocycles. The molecule has 0 aliphatic carbocycles. The van der Waals surface area contributed by atoms with Gasteiger partial charge in [-0.3, -0.25) is 0 Å². The molecule has 0 bridgehead atoms. The monoisotopic (exact) mass is 107 g/mol. The first-order valence-corrected chi connectivity index (χ1v) is 3.23. The number of nitrogens with two attached hydrogens (primary N) is 1. The van der Waals surface area contributed by atoms with Gasteiger partial charge >= 0.3 is 0 Å². The minimum Gasteiger partial charge on any atom is -0.375 e. The molecule has 0 aliphatic heterocycles. The van der Waals surface area contributed by atoms with Gasteiger partial charge in [-0.1, -0.05) is 15.5 Å². The lowest BCUT2D eigenvalue weighted by molar-refractivity contribution is 0.269. The van der Waals surface area contributed by atoms with Crippen molar-refractivity contribution in [2.75, 3.05) is 6.16 Å². The molecule has 0 heterocycles. The maximum Gasteiger partial charge on any atom is 0.118 e.